The van der Waals surface area contributed by atoms with Crippen molar-refractivity contribution in [2.75, 3.05) is 7.11 Å². The monoisotopic (exact) mass is 384 g/mol. The molecular weight excluding hydrogens is 364 g/mol. The summed E-state index contributed by atoms with van der Waals surface area (Å²) in [6.07, 6.45) is 1.65. The average molecular weight is 384 g/mol. The van der Waals surface area contributed by atoms with Crippen LogP contribution in [0.2, 0.25) is 0 Å². The summed E-state index contributed by atoms with van der Waals surface area (Å²) in [6, 6.07) is 9.56. The van der Waals surface area contributed by atoms with Crippen LogP contribution >= 0.6 is 0 Å². The fourth-order valence-electron chi connectivity index (χ4n) is 2.63. The Morgan fingerprint density at radius 2 is 1.89 bits per heavy atom. The van der Waals surface area contributed by atoms with Gasteiger partial charge < -0.3 is 19.2 Å². The van der Waals surface area contributed by atoms with E-state index in [9.17, 15) is 14.4 Å². The molecule has 8 nitrogen and oxygen atoms in total. The van der Waals surface area contributed by atoms with Crippen molar-refractivity contribution in [1.82, 2.24) is 10.2 Å². The van der Waals surface area contributed by atoms with Crippen LogP contribution in [0.15, 0.2) is 46.5 Å². The fourth-order valence-corrected chi connectivity index (χ4v) is 2.63. The molecule has 0 aliphatic carbocycles. The van der Waals surface area contributed by atoms with Crippen LogP contribution in [0.5, 0.6) is 5.75 Å². The number of imide groups is 1. The number of rotatable bonds is 6. The predicted octanol–water partition coefficient (Wildman–Crippen LogP) is 2.95. The van der Waals surface area contributed by atoms with E-state index in [2.05, 4.69) is 10.1 Å². The number of nitrogens with zero attached hydrogens (tertiary/aromatic N) is 1. The second-order valence-electron chi connectivity index (χ2n) is 6.37. The van der Waals surface area contributed by atoms with E-state index in [1.54, 1.807) is 30.3 Å². The topological polar surface area (TPSA) is 98.1 Å². The van der Waals surface area contributed by atoms with Crippen molar-refractivity contribution in [3.63, 3.8) is 0 Å². The van der Waals surface area contributed by atoms with E-state index in [0.29, 0.717) is 5.76 Å². The van der Waals surface area contributed by atoms with Crippen LogP contribution < -0.4 is 10.1 Å². The van der Waals surface area contributed by atoms with Crippen LogP contribution in [-0.4, -0.2) is 36.0 Å². The Balaban J connectivity index is 1.71. The van der Waals surface area contributed by atoms with Crippen LogP contribution in [0.25, 0.3) is 6.08 Å². The van der Waals surface area contributed by atoms with E-state index in [0.717, 1.165) is 16.2 Å². The van der Waals surface area contributed by atoms with Gasteiger partial charge in [-0.2, -0.15) is 0 Å². The molecule has 1 saturated heterocycles. The Kier molecular flexibility index (Phi) is 5.49. The first-order valence-corrected chi connectivity index (χ1v) is 8.65. The maximum absolute atomic E-state index is 12.6. The van der Waals surface area contributed by atoms with Gasteiger partial charge >= 0.3 is 12.0 Å². The summed E-state index contributed by atoms with van der Waals surface area (Å²) in [5.74, 6) is -0.0957. The normalized spacial score (nSPS) is 15.3. The number of amides is 3. The molecule has 1 N–H and O–H groups in total. The lowest BCUT2D eigenvalue weighted by atomic mass is 10.2. The van der Waals surface area contributed by atoms with E-state index >= 15 is 0 Å². The quantitative estimate of drug-likeness (QED) is 0.467. The van der Waals surface area contributed by atoms with Crippen molar-refractivity contribution in [3.05, 3.63) is 59.2 Å². The number of furan rings is 1. The highest BCUT2D eigenvalue weighted by Crippen LogP contribution is 2.20. The fraction of sp³-hybridized carbons (Fsp3) is 0.250. The molecule has 3 amide bonds. The number of benzene rings is 1. The molecule has 1 aliphatic heterocycles. The maximum atomic E-state index is 12.6. The molecule has 1 aromatic carbocycles. The first kappa shape index (κ1) is 19.2. The molecule has 8 heteroatoms. The molecule has 2 heterocycles. The molecule has 0 radical (unpaired) electrons. The van der Waals surface area contributed by atoms with Crippen molar-refractivity contribution >= 4 is 24.0 Å². The Morgan fingerprint density at radius 3 is 2.54 bits per heavy atom. The van der Waals surface area contributed by atoms with E-state index in [4.69, 9.17) is 9.15 Å². The Hall–Kier alpha value is -3.55. The van der Waals surface area contributed by atoms with Gasteiger partial charge in [-0.05, 0) is 49.8 Å². The highest BCUT2D eigenvalue weighted by atomic mass is 16.5. The number of carbonyl (C=O) groups is 3. The summed E-state index contributed by atoms with van der Waals surface area (Å²) in [7, 11) is 1.24. The van der Waals surface area contributed by atoms with Crippen molar-refractivity contribution < 1.29 is 28.3 Å². The van der Waals surface area contributed by atoms with Crippen LogP contribution in [0.1, 0.15) is 35.7 Å². The molecule has 1 fully saturated rings. The van der Waals surface area contributed by atoms with Gasteiger partial charge in [0.25, 0.3) is 5.91 Å². The zero-order chi connectivity index (χ0) is 20.3. The summed E-state index contributed by atoms with van der Waals surface area (Å²) in [6.45, 7) is 3.77. The number of nitrogens with one attached hydrogen (secondary N) is 1. The van der Waals surface area contributed by atoms with Gasteiger partial charge in [-0.15, -0.1) is 0 Å². The number of hydrogen-bond donors (Lipinski definition) is 1. The van der Waals surface area contributed by atoms with Crippen LogP contribution in [0, 0.1) is 0 Å². The SMILES string of the molecule is COC(=O)c1ccc(CN2C(=O)N/C(=C\c3ccc(OC(C)C)cc3)C2=O)o1. The van der Waals surface area contributed by atoms with Crippen molar-refractivity contribution in [2.24, 2.45) is 0 Å². The predicted molar refractivity (Wildman–Crippen MR) is 99.3 cm³/mol. The van der Waals surface area contributed by atoms with E-state index < -0.39 is 17.9 Å². The third kappa shape index (κ3) is 4.22. The number of methoxy groups -OCH3 is 1. The number of hydrogen-bond acceptors (Lipinski definition) is 6. The van der Waals surface area contributed by atoms with Gasteiger partial charge in [-0.3, -0.25) is 9.69 Å². The van der Waals surface area contributed by atoms with Crippen molar-refractivity contribution in [2.45, 2.75) is 26.5 Å². The van der Waals surface area contributed by atoms with Gasteiger partial charge in [0.05, 0.1) is 19.8 Å². The van der Waals surface area contributed by atoms with E-state index in [1.807, 2.05) is 13.8 Å². The maximum Gasteiger partial charge on any atom is 0.373 e. The smallest absolute Gasteiger partial charge is 0.373 e. The first-order chi connectivity index (χ1) is 13.4. The molecule has 0 unspecified atom stereocenters. The molecule has 2 aromatic rings. The van der Waals surface area contributed by atoms with Crippen LogP contribution in [0.3, 0.4) is 0 Å². The van der Waals surface area contributed by atoms with Gasteiger partial charge in [-0.25, -0.2) is 9.59 Å². The summed E-state index contributed by atoms with van der Waals surface area (Å²) < 4.78 is 15.5. The van der Waals surface area contributed by atoms with Crippen molar-refractivity contribution in [3.8, 4) is 5.75 Å². The summed E-state index contributed by atoms with van der Waals surface area (Å²) in [4.78, 5) is 37.2. The second-order valence-corrected chi connectivity index (χ2v) is 6.37. The lowest BCUT2D eigenvalue weighted by Gasteiger charge is -2.09. The Bertz CT molecular complexity index is 926. The van der Waals surface area contributed by atoms with Gasteiger partial charge in [0, 0.05) is 0 Å². The average Bonchev–Trinajstić information content (AvgIpc) is 3.23. The lowest BCUT2D eigenvalue weighted by molar-refractivity contribution is -0.123. The minimum absolute atomic E-state index is 0.00373. The number of urea groups is 1. The Labute approximate surface area is 161 Å². The molecule has 3 rings (SSSR count). The zero-order valence-electron chi connectivity index (χ0n) is 15.7. The van der Waals surface area contributed by atoms with E-state index in [1.165, 1.54) is 19.2 Å². The number of carbonyl (C=O) groups excluding carboxylic acids is 3. The Morgan fingerprint density at radius 1 is 1.18 bits per heavy atom. The van der Waals surface area contributed by atoms with Gasteiger partial charge in [0.15, 0.2) is 0 Å². The molecule has 0 spiro atoms. The van der Waals surface area contributed by atoms with Gasteiger partial charge in [0.1, 0.15) is 17.2 Å². The molecule has 28 heavy (non-hydrogen) atoms. The molecule has 146 valence electrons. The van der Waals surface area contributed by atoms with Gasteiger partial charge in [-0.1, -0.05) is 12.1 Å². The molecule has 1 aromatic heterocycles. The lowest BCUT2D eigenvalue weighted by Crippen LogP contribution is -2.30. The highest BCUT2D eigenvalue weighted by molar-refractivity contribution is 6.13. The van der Waals surface area contributed by atoms with E-state index in [-0.39, 0.29) is 24.1 Å². The summed E-state index contributed by atoms with van der Waals surface area (Å²) in [5.41, 5.74) is 0.898. The van der Waals surface area contributed by atoms with Crippen LogP contribution in [0.4, 0.5) is 4.79 Å². The van der Waals surface area contributed by atoms with Gasteiger partial charge in [0.2, 0.25) is 5.76 Å². The molecular formula is C20H20N2O6. The second kappa shape index (κ2) is 7.99. The molecule has 0 atom stereocenters. The number of esters is 1. The largest absolute Gasteiger partial charge is 0.491 e. The summed E-state index contributed by atoms with van der Waals surface area (Å²) in [5, 5.41) is 2.54. The molecule has 0 saturated carbocycles. The van der Waals surface area contributed by atoms with Crippen LogP contribution in [-0.2, 0) is 16.1 Å². The highest BCUT2D eigenvalue weighted by Gasteiger charge is 2.34. The standard InChI is InChI=1S/C20H20N2O6/c1-12(2)27-14-6-4-13(5-7-14)10-16-18(23)22(20(25)21-16)11-15-8-9-17(28-15)19(24)26-3/h4-10,12H,11H2,1-3H3,(H,21,25)/b16-10-. The minimum atomic E-state index is -0.631. The minimum Gasteiger partial charge on any atom is -0.491 e. The number of ether oxygens (including phenoxy) is 2. The zero-order valence-corrected chi connectivity index (χ0v) is 15.7. The summed E-state index contributed by atoms with van der Waals surface area (Å²) >= 11 is 0. The van der Waals surface area contributed by atoms with Crippen molar-refractivity contribution in [1.29, 1.82) is 0 Å². The third-order valence-electron chi connectivity index (χ3n) is 3.89. The first-order valence-electron chi connectivity index (χ1n) is 8.65. The third-order valence-corrected chi connectivity index (χ3v) is 3.89. The molecule has 0 bridgehead atoms. The molecule has 1 aliphatic rings.